The number of carboxylic acid groups (broad SMARTS) is 1. The van der Waals surface area contributed by atoms with Crippen LogP contribution in [0.1, 0.15) is 98.3 Å². The van der Waals surface area contributed by atoms with Gasteiger partial charge in [-0.25, -0.2) is 0 Å². The average molecular weight is 545 g/mol. The standard InChI is InChI=1S/C31H48N2O6/c1-29(2)17-19(11-14-38-29)25(16-28(36)37)32-27(35)18-39-33-21-9-12-30(3)20(15-21)5-6-22-23-7-8-26(34)31(23,4)13-10-24(22)30/h15,19,22-26,34H,5-14,16-18H2,1-4H3,(H,32,35)(H,36,37)/b33-21+/t19-,22+,23+,24+,25+,26-,30+,31+/m1/s1. The molecule has 39 heavy (non-hydrogen) atoms. The molecule has 8 nitrogen and oxygen atoms in total. The van der Waals surface area contributed by atoms with Crippen LogP contribution in [0.15, 0.2) is 16.8 Å². The molecule has 0 aromatic rings. The van der Waals surface area contributed by atoms with E-state index in [9.17, 15) is 19.8 Å². The number of hydrogen-bond acceptors (Lipinski definition) is 6. The van der Waals surface area contributed by atoms with E-state index in [0.717, 1.165) is 50.7 Å². The minimum absolute atomic E-state index is 0.0427. The van der Waals surface area contributed by atoms with Gasteiger partial charge in [0.1, 0.15) is 0 Å². The summed E-state index contributed by atoms with van der Waals surface area (Å²) in [5, 5.41) is 27.3. The van der Waals surface area contributed by atoms with Gasteiger partial charge in [0.25, 0.3) is 5.91 Å². The lowest BCUT2D eigenvalue weighted by atomic mass is 9.47. The lowest BCUT2D eigenvalue weighted by Crippen LogP contribution is -2.51. The third-order valence-corrected chi connectivity index (χ3v) is 11.3. The molecule has 0 bridgehead atoms. The van der Waals surface area contributed by atoms with Crippen LogP contribution in [0.5, 0.6) is 0 Å². The molecular formula is C31H48N2O6. The molecule has 3 N–H and O–H groups in total. The Balaban J connectivity index is 1.18. The maximum Gasteiger partial charge on any atom is 0.305 e. The topological polar surface area (TPSA) is 117 Å². The fraction of sp³-hybridized carbons (Fsp3) is 0.839. The maximum atomic E-state index is 12.7. The van der Waals surface area contributed by atoms with Crippen LogP contribution in [0, 0.1) is 34.5 Å². The molecule has 0 aromatic carbocycles. The molecule has 0 unspecified atom stereocenters. The van der Waals surface area contributed by atoms with Crippen molar-refractivity contribution in [3.05, 3.63) is 11.6 Å². The van der Waals surface area contributed by atoms with E-state index in [1.165, 1.54) is 18.4 Å². The van der Waals surface area contributed by atoms with Crippen molar-refractivity contribution in [2.75, 3.05) is 13.2 Å². The molecule has 3 saturated carbocycles. The molecule has 8 atom stereocenters. The summed E-state index contributed by atoms with van der Waals surface area (Å²) in [6, 6.07) is -0.458. The molecule has 8 heteroatoms. The quantitative estimate of drug-likeness (QED) is 0.395. The monoisotopic (exact) mass is 544 g/mol. The first-order valence-corrected chi connectivity index (χ1v) is 15.1. The fourth-order valence-corrected chi connectivity index (χ4v) is 9.18. The zero-order valence-corrected chi connectivity index (χ0v) is 24.2. The maximum absolute atomic E-state index is 12.7. The summed E-state index contributed by atoms with van der Waals surface area (Å²) < 4.78 is 5.77. The number of rotatable bonds is 7. The Morgan fingerprint density at radius 2 is 1.90 bits per heavy atom. The molecule has 5 aliphatic rings. The molecular weight excluding hydrogens is 496 g/mol. The third kappa shape index (κ3) is 5.65. The number of carbonyl (C=O) groups excluding carboxylic acids is 1. The first kappa shape index (κ1) is 28.6. The average Bonchev–Trinajstić information content (AvgIpc) is 3.17. The Labute approximate surface area is 233 Å². The predicted molar refractivity (Wildman–Crippen MR) is 148 cm³/mol. The number of fused-ring (bicyclic) bond motifs is 5. The largest absolute Gasteiger partial charge is 0.481 e. The van der Waals surface area contributed by atoms with E-state index in [1.54, 1.807) is 0 Å². The number of carboxylic acids is 1. The predicted octanol–water partition coefficient (Wildman–Crippen LogP) is 4.85. The van der Waals surface area contributed by atoms with Crippen LogP contribution >= 0.6 is 0 Å². The number of carbonyl (C=O) groups is 2. The molecule has 1 aliphatic heterocycles. The van der Waals surface area contributed by atoms with E-state index in [-0.39, 0.29) is 47.4 Å². The number of aliphatic hydroxyl groups is 1. The van der Waals surface area contributed by atoms with Crippen molar-refractivity contribution in [1.82, 2.24) is 5.32 Å². The van der Waals surface area contributed by atoms with Crippen molar-refractivity contribution in [2.45, 2.75) is 116 Å². The summed E-state index contributed by atoms with van der Waals surface area (Å²) in [7, 11) is 0. The summed E-state index contributed by atoms with van der Waals surface area (Å²) in [5.41, 5.74) is 2.30. The van der Waals surface area contributed by atoms with Gasteiger partial charge in [-0.15, -0.1) is 0 Å². The minimum atomic E-state index is -0.927. The Morgan fingerprint density at radius 1 is 1.10 bits per heavy atom. The Morgan fingerprint density at radius 3 is 2.64 bits per heavy atom. The highest BCUT2D eigenvalue weighted by molar-refractivity contribution is 5.96. The molecule has 1 heterocycles. The van der Waals surface area contributed by atoms with Crippen LogP contribution in [0.25, 0.3) is 0 Å². The highest BCUT2D eigenvalue weighted by Gasteiger charge is 2.58. The summed E-state index contributed by atoms with van der Waals surface area (Å²) in [6.45, 7) is 9.10. The first-order valence-electron chi connectivity index (χ1n) is 15.1. The number of hydrogen-bond donors (Lipinski definition) is 3. The Hall–Kier alpha value is -1.93. The van der Waals surface area contributed by atoms with Gasteiger partial charge in [-0.05, 0) is 119 Å². The summed E-state index contributed by atoms with van der Waals surface area (Å²) in [5.74, 6) is 0.772. The normalized spacial score (nSPS) is 41.0. The molecule has 1 saturated heterocycles. The number of nitrogens with zero attached hydrogens (tertiary/aromatic N) is 1. The molecule has 5 rings (SSSR count). The van der Waals surface area contributed by atoms with Crippen LogP contribution in [-0.4, -0.2) is 58.8 Å². The van der Waals surface area contributed by atoms with Gasteiger partial charge in [0.05, 0.1) is 23.8 Å². The number of aliphatic hydroxyl groups excluding tert-OH is 1. The first-order chi connectivity index (χ1) is 18.4. The van der Waals surface area contributed by atoms with Crippen LogP contribution in [0.4, 0.5) is 0 Å². The molecule has 0 spiro atoms. The van der Waals surface area contributed by atoms with Gasteiger partial charge in [0.15, 0.2) is 6.61 Å². The van der Waals surface area contributed by atoms with Crippen LogP contribution < -0.4 is 5.32 Å². The summed E-state index contributed by atoms with van der Waals surface area (Å²) in [4.78, 5) is 29.7. The van der Waals surface area contributed by atoms with E-state index in [4.69, 9.17) is 9.57 Å². The highest BCUT2D eigenvalue weighted by atomic mass is 16.6. The smallest absolute Gasteiger partial charge is 0.305 e. The van der Waals surface area contributed by atoms with E-state index in [1.807, 2.05) is 13.8 Å². The van der Waals surface area contributed by atoms with E-state index in [2.05, 4.69) is 30.4 Å². The second kappa shape index (κ2) is 10.8. The van der Waals surface area contributed by atoms with Gasteiger partial charge in [-0.2, -0.15) is 0 Å². The number of allylic oxidation sites excluding steroid dienone is 2. The fourth-order valence-electron chi connectivity index (χ4n) is 9.18. The molecule has 0 aromatic heterocycles. The molecule has 1 amide bonds. The van der Waals surface area contributed by atoms with Crippen LogP contribution in [0.3, 0.4) is 0 Å². The van der Waals surface area contributed by atoms with Crippen LogP contribution in [0.2, 0.25) is 0 Å². The zero-order valence-electron chi connectivity index (χ0n) is 24.2. The molecule has 4 fully saturated rings. The molecule has 218 valence electrons. The number of aliphatic carboxylic acids is 1. The lowest BCUT2D eigenvalue weighted by Gasteiger charge is -2.57. The Kier molecular flexibility index (Phi) is 7.92. The van der Waals surface area contributed by atoms with Crippen molar-refractivity contribution in [3.8, 4) is 0 Å². The van der Waals surface area contributed by atoms with Crippen molar-refractivity contribution in [3.63, 3.8) is 0 Å². The van der Waals surface area contributed by atoms with Gasteiger partial charge in [0, 0.05) is 12.6 Å². The summed E-state index contributed by atoms with van der Waals surface area (Å²) in [6.07, 6.45) is 11.9. The number of amides is 1. The molecule has 0 radical (unpaired) electrons. The van der Waals surface area contributed by atoms with Gasteiger partial charge in [0.2, 0.25) is 0 Å². The SMILES string of the molecule is CC1(C)C[C@H]([C@H](CC(=O)O)NC(=O)CO/N=C2/C=C3CC[C@H]4[C@@H]5CC[C@@H](O)[C@@]5(C)CC[C@@H]4[C@@]3(C)CC2)CCO1. The van der Waals surface area contributed by atoms with Crippen molar-refractivity contribution in [1.29, 1.82) is 0 Å². The number of ether oxygens (including phenoxy) is 1. The van der Waals surface area contributed by atoms with Gasteiger partial charge >= 0.3 is 5.97 Å². The Bertz CT molecular complexity index is 1020. The van der Waals surface area contributed by atoms with Gasteiger partial charge < -0.3 is 25.1 Å². The number of nitrogens with one attached hydrogen (secondary N) is 1. The van der Waals surface area contributed by atoms with E-state index in [0.29, 0.717) is 30.8 Å². The summed E-state index contributed by atoms with van der Waals surface area (Å²) >= 11 is 0. The van der Waals surface area contributed by atoms with Crippen molar-refractivity contribution < 1.29 is 29.4 Å². The van der Waals surface area contributed by atoms with E-state index >= 15 is 0 Å². The lowest BCUT2D eigenvalue weighted by molar-refractivity contribution is -0.139. The second-order valence-corrected chi connectivity index (χ2v) is 14.1. The third-order valence-electron chi connectivity index (χ3n) is 11.3. The van der Waals surface area contributed by atoms with Gasteiger partial charge in [-0.3, -0.25) is 9.59 Å². The highest BCUT2D eigenvalue weighted by Crippen LogP contribution is 2.65. The van der Waals surface area contributed by atoms with Crippen molar-refractivity contribution in [2.24, 2.45) is 39.7 Å². The molecule has 4 aliphatic carbocycles. The second-order valence-electron chi connectivity index (χ2n) is 14.1. The van der Waals surface area contributed by atoms with Crippen LogP contribution in [-0.2, 0) is 19.2 Å². The minimum Gasteiger partial charge on any atom is -0.481 e. The number of oxime groups is 1. The van der Waals surface area contributed by atoms with Crippen molar-refractivity contribution >= 4 is 17.6 Å². The zero-order chi connectivity index (χ0) is 28.0. The van der Waals surface area contributed by atoms with E-state index < -0.39 is 12.0 Å². The van der Waals surface area contributed by atoms with Gasteiger partial charge in [-0.1, -0.05) is 24.6 Å².